The van der Waals surface area contributed by atoms with Gasteiger partial charge in [-0.3, -0.25) is 4.72 Å². The van der Waals surface area contributed by atoms with Gasteiger partial charge in [-0.25, -0.2) is 8.42 Å². The van der Waals surface area contributed by atoms with Crippen molar-refractivity contribution >= 4 is 38.9 Å². The summed E-state index contributed by atoms with van der Waals surface area (Å²) in [6.45, 7) is 0. The van der Waals surface area contributed by atoms with Gasteiger partial charge in [0.1, 0.15) is 10.6 Å². The van der Waals surface area contributed by atoms with Crippen LogP contribution in [-0.2, 0) is 16.2 Å². The van der Waals surface area contributed by atoms with Crippen LogP contribution in [0.5, 0.6) is 5.75 Å². The Hall–Kier alpha value is -1.64. The first kappa shape index (κ1) is 18.7. The SMILES string of the molecule is COc1ccc(NS(=O)(=O)c2ccc(Cl)cc2Cl)cc1C(F)(F)F. The lowest BCUT2D eigenvalue weighted by Crippen LogP contribution is -2.15. The smallest absolute Gasteiger partial charge is 0.420 e. The Kier molecular flexibility index (Phi) is 5.22. The van der Waals surface area contributed by atoms with Gasteiger partial charge >= 0.3 is 6.18 Å². The van der Waals surface area contributed by atoms with Crippen molar-refractivity contribution in [2.45, 2.75) is 11.1 Å². The maximum Gasteiger partial charge on any atom is 0.420 e. The molecule has 130 valence electrons. The number of benzene rings is 2. The van der Waals surface area contributed by atoms with Crippen LogP contribution in [0.25, 0.3) is 0 Å². The highest BCUT2D eigenvalue weighted by atomic mass is 35.5. The van der Waals surface area contributed by atoms with Gasteiger partial charge in [0, 0.05) is 10.7 Å². The molecule has 2 rings (SSSR count). The summed E-state index contributed by atoms with van der Waals surface area (Å²) in [7, 11) is -3.11. The number of alkyl halides is 3. The number of sulfonamides is 1. The number of halogens is 5. The van der Waals surface area contributed by atoms with Gasteiger partial charge in [-0.05, 0) is 36.4 Å². The van der Waals surface area contributed by atoms with E-state index in [1.807, 2.05) is 4.72 Å². The van der Waals surface area contributed by atoms with E-state index in [4.69, 9.17) is 23.2 Å². The second-order valence-corrected chi connectivity index (χ2v) is 7.09. The average Bonchev–Trinajstić information content (AvgIpc) is 2.45. The minimum atomic E-state index is -4.70. The van der Waals surface area contributed by atoms with E-state index in [1.54, 1.807) is 0 Å². The normalized spacial score (nSPS) is 12.1. The maximum atomic E-state index is 13.0. The summed E-state index contributed by atoms with van der Waals surface area (Å²) in [4.78, 5) is -0.307. The molecule has 0 aliphatic rings. The number of methoxy groups -OCH3 is 1. The highest BCUT2D eigenvalue weighted by molar-refractivity contribution is 7.92. The zero-order valence-corrected chi connectivity index (χ0v) is 14.3. The van der Waals surface area contributed by atoms with Crippen molar-refractivity contribution in [2.24, 2.45) is 0 Å². The molecule has 0 aliphatic heterocycles. The number of rotatable bonds is 4. The first-order chi connectivity index (χ1) is 11.0. The Labute approximate surface area is 146 Å². The summed E-state index contributed by atoms with van der Waals surface area (Å²) in [5, 5.41) is 0.0716. The van der Waals surface area contributed by atoms with Gasteiger partial charge in [0.05, 0.1) is 17.7 Å². The van der Waals surface area contributed by atoms with Crippen molar-refractivity contribution in [1.82, 2.24) is 0 Å². The van der Waals surface area contributed by atoms with Gasteiger partial charge in [-0.2, -0.15) is 13.2 Å². The molecular weight excluding hydrogens is 390 g/mol. The Morgan fingerprint density at radius 3 is 2.29 bits per heavy atom. The van der Waals surface area contributed by atoms with E-state index in [1.165, 1.54) is 12.1 Å². The molecule has 0 aliphatic carbocycles. The largest absolute Gasteiger partial charge is 0.496 e. The van der Waals surface area contributed by atoms with E-state index in [2.05, 4.69) is 4.74 Å². The van der Waals surface area contributed by atoms with Crippen molar-refractivity contribution in [3.05, 3.63) is 52.0 Å². The van der Waals surface area contributed by atoms with Crippen molar-refractivity contribution in [3.8, 4) is 5.75 Å². The van der Waals surface area contributed by atoms with Crippen LogP contribution in [-0.4, -0.2) is 15.5 Å². The van der Waals surface area contributed by atoms with Crippen LogP contribution in [0.1, 0.15) is 5.56 Å². The molecule has 2 aromatic carbocycles. The molecule has 0 unspecified atom stereocenters. The van der Waals surface area contributed by atoms with Crippen LogP contribution in [0.2, 0.25) is 10.0 Å². The van der Waals surface area contributed by atoms with Crippen LogP contribution < -0.4 is 9.46 Å². The summed E-state index contributed by atoms with van der Waals surface area (Å²) in [5.74, 6) is -0.421. The van der Waals surface area contributed by atoms with E-state index in [-0.39, 0.29) is 20.6 Å². The zero-order valence-electron chi connectivity index (χ0n) is 12.0. The molecule has 1 N–H and O–H groups in total. The quantitative estimate of drug-likeness (QED) is 0.801. The highest BCUT2D eigenvalue weighted by Gasteiger charge is 2.35. The fourth-order valence-electron chi connectivity index (χ4n) is 1.90. The summed E-state index contributed by atoms with van der Waals surface area (Å²) < 4.78 is 70.2. The predicted octanol–water partition coefficient (Wildman–Crippen LogP) is 4.82. The summed E-state index contributed by atoms with van der Waals surface area (Å²) in [5.41, 5.74) is -1.39. The molecule has 0 saturated carbocycles. The third-order valence-corrected chi connectivity index (χ3v) is 5.04. The maximum absolute atomic E-state index is 13.0. The molecule has 0 saturated heterocycles. The molecule has 0 radical (unpaired) electrons. The van der Waals surface area contributed by atoms with Crippen molar-refractivity contribution in [1.29, 1.82) is 0 Å². The van der Waals surface area contributed by atoms with Crippen LogP contribution in [0.4, 0.5) is 18.9 Å². The predicted molar refractivity (Wildman–Crippen MR) is 85.3 cm³/mol. The topological polar surface area (TPSA) is 55.4 Å². The Balaban J connectivity index is 2.43. The third kappa shape index (κ3) is 4.06. The molecule has 10 heteroatoms. The number of nitrogens with one attached hydrogen (secondary N) is 1. The van der Waals surface area contributed by atoms with Crippen molar-refractivity contribution in [2.75, 3.05) is 11.8 Å². The summed E-state index contributed by atoms with van der Waals surface area (Å²) in [6, 6.07) is 6.48. The van der Waals surface area contributed by atoms with Gasteiger partial charge < -0.3 is 4.74 Å². The number of hydrogen-bond donors (Lipinski definition) is 1. The van der Waals surface area contributed by atoms with Gasteiger partial charge in [0.25, 0.3) is 10.0 Å². The van der Waals surface area contributed by atoms with Crippen molar-refractivity contribution < 1.29 is 26.3 Å². The fourth-order valence-corrected chi connectivity index (χ4v) is 3.72. The minimum absolute atomic E-state index is 0.153. The monoisotopic (exact) mass is 399 g/mol. The average molecular weight is 400 g/mol. The summed E-state index contributed by atoms with van der Waals surface area (Å²) >= 11 is 11.5. The molecular formula is C14H10Cl2F3NO3S. The Bertz CT molecular complexity index is 870. The minimum Gasteiger partial charge on any atom is -0.496 e. The standard InChI is InChI=1S/C14H10Cl2F3NO3S/c1-23-12-4-3-9(7-10(12)14(17,18)19)20-24(21,22)13-5-2-8(15)6-11(13)16/h2-7,20H,1H3. The van der Waals surface area contributed by atoms with Gasteiger partial charge in [-0.15, -0.1) is 0 Å². The lowest BCUT2D eigenvalue weighted by atomic mass is 10.1. The van der Waals surface area contributed by atoms with Crippen molar-refractivity contribution in [3.63, 3.8) is 0 Å². The molecule has 2 aromatic rings. The third-order valence-electron chi connectivity index (χ3n) is 2.94. The second kappa shape index (κ2) is 6.70. The molecule has 4 nitrogen and oxygen atoms in total. The number of anilines is 1. The highest BCUT2D eigenvalue weighted by Crippen LogP contribution is 2.38. The Morgan fingerprint density at radius 2 is 1.75 bits per heavy atom. The lowest BCUT2D eigenvalue weighted by Gasteiger charge is -2.15. The van der Waals surface area contributed by atoms with E-state index < -0.39 is 27.5 Å². The van der Waals surface area contributed by atoms with E-state index >= 15 is 0 Å². The fraction of sp³-hybridized carbons (Fsp3) is 0.143. The van der Waals surface area contributed by atoms with Crippen LogP contribution in [0.3, 0.4) is 0 Å². The first-order valence-electron chi connectivity index (χ1n) is 6.27. The van der Waals surface area contributed by atoms with Gasteiger partial charge in [-0.1, -0.05) is 23.2 Å². The van der Waals surface area contributed by atoms with Gasteiger partial charge in [0.2, 0.25) is 0 Å². The zero-order chi connectivity index (χ0) is 18.1. The lowest BCUT2D eigenvalue weighted by molar-refractivity contribution is -0.138. The number of ether oxygens (including phenoxy) is 1. The second-order valence-electron chi connectivity index (χ2n) is 4.59. The number of hydrogen-bond acceptors (Lipinski definition) is 3. The molecule has 0 heterocycles. The molecule has 0 bridgehead atoms. The van der Waals surface area contributed by atoms with Crippen LogP contribution >= 0.6 is 23.2 Å². The molecule has 24 heavy (non-hydrogen) atoms. The van der Waals surface area contributed by atoms with Gasteiger partial charge in [0.15, 0.2) is 0 Å². The molecule has 0 aromatic heterocycles. The van der Waals surface area contributed by atoms with Crippen LogP contribution in [0.15, 0.2) is 41.3 Å². The van der Waals surface area contributed by atoms with E-state index in [0.29, 0.717) is 6.07 Å². The molecule has 0 fully saturated rings. The Morgan fingerprint density at radius 1 is 1.08 bits per heavy atom. The molecule has 0 spiro atoms. The van der Waals surface area contributed by atoms with E-state index in [0.717, 1.165) is 25.3 Å². The molecule has 0 amide bonds. The summed E-state index contributed by atoms with van der Waals surface area (Å²) in [6.07, 6.45) is -4.70. The van der Waals surface area contributed by atoms with E-state index in [9.17, 15) is 21.6 Å². The first-order valence-corrected chi connectivity index (χ1v) is 8.51. The molecule has 0 atom stereocenters. The van der Waals surface area contributed by atoms with Crippen LogP contribution in [0, 0.1) is 0 Å².